The molecule has 9 nitrogen and oxygen atoms in total. The summed E-state index contributed by atoms with van der Waals surface area (Å²) in [5, 5.41) is 23.7. The number of carbonyl (C=O) groups is 1. The summed E-state index contributed by atoms with van der Waals surface area (Å²) in [5.74, 6) is -0.615. The van der Waals surface area contributed by atoms with Crippen LogP contribution in [0.5, 0.6) is 0 Å². The van der Waals surface area contributed by atoms with E-state index < -0.39 is 27.2 Å². The summed E-state index contributed by atoms with van der Waals surface area (Å²) in [6.45, 7) is 1.47. The van der Waals surface area contributed by atoms with E-state index in [0.29, 0.717) is 0 Å². The van der Waals surface area contributed by atoms with Gasteiger partial charge in [-0.1, -0.05) is 11.6 Å². The third-order valence-corrected chi connectivity index (χ3v) is 2.49. The number of rotatable bonds is 6. The van der Waals surface area contributed by atoms with E-state index in [-0.39, 0.29) is 23.9 Å². The maximum absolute atomic E-state index is 11.2. The molecule has 0 unspecified atom stereocenters. The summed E-state index contributed by atoms with van der Waals surface area (Å²) in [6.07, 6.45) is 0. The van der Waals surface area contributed by atoms with Crippen LogP contribution in [0.3, 0.4) is 0 Å². The van der Waals surface area contributed by atoms with Crippen molar-refractivity contribution in [2.75, 3.05) is 18.5 Å². The molecule has 1 N–H and O–H groups in total. The van der Waals surface area contributed by atoms with Gasteiger partial charge in [-0.3, -0.25) is 25.0 Å². The molecule has 0 aliphatic heterocycles. The van der Waals surface area contributed by atoms with Gasteiger partial charge in [0.2, 0.25) is 0 Å². The Morgan fingerprint density at radius 3 is 2.40 bits per heavy atom. The van der Waals surface area contributed by atoms with Crippen molar-refractivity contribution in [3.05, 3.63) is 37.4 Å². The fourth-order valence-corrected chi connectivity index (χ4v) is 1.60. The topological polar surface area (TPSA) is 125 Å². The van der Waals surface area contributed by atoms with Crippen molar-refractivity contribution in [2.24, 2.45) is 0 Å². The third-order valence-electron chi connectivity index (χ3n) is 2.19. The lowest BCUT2D eigenvalue weighted by molar-refractivity contribution is -0.393. The molecule has 0 amide bonds. The van der Waals surface area contributed by atoms with Crippen LogP contribution >= 0.6 is 11.6 Å². The monoisotopic (exact) mass is 303 g/mol. The first-order valence-corrected chi connectivity index (χ1v) is 5.76. The van der Waals surface area contributed by atoms with Crippen molar-refractivity contribution in [1.82, 2.24) is 0 Å². The van der Waals surface area contributed by atoms with Crippen molar-refractivity contribution < 1.29 is 19.4 Å². The summed E-state index contributed by atoms with van der Waals surface area (Å²) >= 11 is 5.66. The summed E-state index contributed by atoms with van der Waals surface area (Å²) in [4.78, 5) is 31.0. The molecule has 0 aliphatic rings. The van der Waals surface area contributed by atoms with E-state index in [4.69, 9.17) is 11.6 Å². The lowest BCUT2D eigenvalue weighted by atomic mass is 10.2. The van der Waals surface area contributed by atoms with Gasteiger partial charge in [0.05, 0.1) is 22.5 Å². The fraction of sp³-hybridized carbons (Fsp3) is 0.300. The van der Waals surface area contributed by atoms with Gasteiger partial charge in [-0.25, -0.2) is 0 Å². The van der Waals surface area contributed by atoms with E-state index in [0.717, 1.165) is 12.1 Å². The summed E-state index contributed by atoms with van der Waals surface area (Å²) in [5.41, 5.74) is -1.23. The number of nitro groups is 2. The highest BCUT2D eigenvalue weighted by Crippen LogP contribution is 2.35. The highest BCUT2D eigenvalue weighted by molar-refractivity contribution is 6.33. The Morgan fingerprint density at radius 1 is 1.30 bits per heavy atom. The van der Waals surface area contributed by atoms with Crippen molar-refractivity contribution in [2.45, 2.75) is 6.92 Å². The molecule has 1 rings (SSSR count). The standard InChI is InChI=1S/C10H10ClN3O6/c1-2-20-10(15)5-12-7-3-6(11)8(13(16)17)4-9(7)14(18)19/h3-4,12H,2,5H2,1H3. The molecule has 0 bridgehead atoms. The van der Waals surface area contributed by atoms with E-state index in [1.165, 1.54) is 0 Å². The van der Waals surface area contributed by atoms with Crippen LogP contribution in [-0.4, -0.2) is 29.0 Å². The van der Waals surface area contributed by atoms with Gasteiger partial charge in [0.15, 0.2) is 0 Å². The molecule has 0 fully saturated rings. The van der Waals surface area contributed by atoms with E-state index in [1.807, 2.05) is 0 Å². The molecule has 20 heavy (non-hydrogen) atoms. The normalized spacial score (nSPS) is 9.90. The minimum absolute atomic E-state index is 0.0985. The lowest BCUT2D eigenvalue weighted by Gasteiger charge is -2.07. The van der Waals surface area contributed by atoms with E-state index in [9.17, 15) is 25.0 Å². The van der Waals surface area contributed by atoms with Crippen LogP contribution in [0.4, 0.5) is 17.1 Å². The zero-order chi connectivity index (χ0) is 15.3. The van der Waals surface area contributed by atoms with Gasteiger partial charge in [0.1, 0.15) is 17.3 Å². The summed E-state index contributed by atoms with van der Waals surface area (Å²) in [7, 11) is 0. The largest absolute Gasteiger partial charge is 0.465 e. The number of nitrogens with one attached hydrogen (secondary N) is 1. The second kappa shape index (κ2) is 6.66. The molecule has 0 aliphatic carbocycles. The number of carbonyl (C=O) groups excluding carboxylic acids is 1. The van der Waals surface area contributed by atoms with Gasteiger partial charge in [-0.2, -0.15) is 0 Å². The number of benzene rings is 1. The Hall–Kier alpha value is -2.42. The molecule has 1 aromatic rings. The van der Waals surface area contributed by atoms with Crippen LogP contribution in [0.15, 0.2) is 12.1 Å². The minimum atomic E-state index is -0.829. The molecule has 0 atom stereocenters. The molecular weight excluding hydrogens is 294 g/mol. The van der Waals surface area contributed by atoms with Crippen LogP contribution in [-0.2, 0) is 9.53 Å². The van der Waals surface area contributed by atoms with Crippen LogP contribution in [0, 0.1) is 20.2 Å². The molecule has 0 saturated heterocycles. The molecule has 108 valence electrons. The molecule has 10 heteroatoms. The van der Waals surface area contributed by atoms with Crippen molar-refractivity contribution in [3.8, 4) is 0 Å². The predicted molar refractivity (Wildman–Crippen MR) is 69.9 cm³/mol. The van der Waals surface area contributed by atoms with E-state index >= 15 is 0 Å². The van der Waals surface area contributed by atoms with Gasteiger partial charge >= 0.3 is 5.97 Å². The molecule has 0 heterocycles. The van der Waals surface area contributed by atoms with Gasteiger partial charge in [0.25, 0.3) is 11.4 Å². The second-order valence-electron chi connectivity index (χ2n) is 3.49. The number of hydrogen-bond acceptors (Lipinski definition) is 7. The quantitative estimate of drug-likeness (QED) is 0.484. The van der Waals surface area contributed by atoms with Crippen LogP contribution in [0.25, 0.3) is 0 Å². The van der Waals surface area contributed by atoms with Crippen LogP contribution < -0.4 is 5.32 Å². The number of anilines is 1. The summed E-state index contributed by atoms with van der Waals surface area (Å²) < 4.78 is 4.64. The number of hydrogen-bond donors (Lipinski definition) is 1. The van der Waals surface area contributed by atoms with Gasteiger partial charge in [-0.05, 0) is 13.0 Å². The fourth-order valence-electron chi connectivity index (χ4n) is 1.36. The number of nitro benzene ring substituents is 2. The Bertz CT molecular complexity index is 562. The molecular formula is C10H10ClN3O6. The van der Waals surface area contributed by atoms with Crippen molar-refractivity contribution in [1.29, 1.82) is 0 Å². The van der Waals surface area contributed by atoms with E-state index in [1.54, 1.807) is 6.92 Å². The number of nitrogens with zero attached hydrogens (tertiary/aromatic N) is 2. The summed E-state index contributed by atoms with van der Waals surface area (Å²) in [6, 6.07) is 1.76. The van der Waals surface area contributed by atoms with Crippen LogP contribution in [0.1, 0.15) is 6.92 Å². The number of halogens is 1. The molecule has 1 aromatic carbocycles. The average Bonchev–Trinajstić information content (AvgIpc) is 2.35. The van der Waals surface area contributed by atoms with Gasteiger partial charge < -0.3 is 10.1 Å². The zero-order valence-electron chi connectivity index (χ0n) is 10.3. The predicted octanol–water partition coefficient (Wildman–Crippen LogP) is 2.13. The molecule has 0 radical (unpaired) electrons. The maximum atomic E-state index is 11.2. The maximum Gasteiger partial charge on any atom is 0.325 e. The Kier molecular flexibility index (Phi) is 5.21. The second-order valence-corrected chi connectivity index (χ2v) is 3.90. The van der Waals surface area contributed by atoms with Gasteiger partial charge in [0, 0.05) is 0 Å². The minimum Gasteiger partial charge on any atom is -0.465 e. The number of ether oxygens (including phenoxy) is 1. The Labute approximate surface area is 117 Å². The SMILES string of the molecule is CCOC(=O)CNc1cc(Cl)c([N+](=O)[O-])cc1[N+](=O)[O-]. The van der Waals surface area contributed by atoms with Crippen LogP contribution in [0.2, 0.25) is 5.02 Å². The first-order valence-electron chi connectivity index (χ1n) is 5.38. The smallest absolute Gasteiger partial charge is 0.325 e. The first kappa shape index (κ1) is 15.6. The van der Waals surface area contributed by atoms with E-state index in [2.05, 4.69) is 10.1 Å². The molecule has 0 saturated carbocycles. The van der Waals surface area contributed by atoms with Crippen molar-refractivity contribution >= 4 is 34.6 Å². The Morgan fingerprint density at radius 2 is 1.90 bits per heavy atom. The zero-order valence-corrected chi connectivity index (χ0v) is 11.0. The van der Waals surface area contributed by atoms with Gasteiger partial charge in [-0.15, -0.1) is 0 Å². The first-order chi connectivity index (χ1) is 9.36. The third kappa shape index (κ3) is 3.79. The lowest BCUT2D eigenvalue weighted by Crippen LogP contribution is -2.17. The Balaban J connectivity index is 3.06. The molecule has 0 spiro atoms. The highest BCUT2D eigenvalue weighted by atomic mass is 35.5. The van der Waals surface area contributed by atoms with Crippen molar-refractivity contribution in [3.63, 3.8) is 0 Å². The molecule has 0 aromatic heterocycles. The number of esters is 1. The highest BCUT2D eigenvalue weighted by Gasteiger charge is 2.23. The average molecular weight is 304 g/mol.